The molecule has 0 aliphatic heterocycles. The van der Waals surface area contributed by atoms with E-state index < -0.39 is 32.7 Å². The van der Waals surface area contributed by atoms with E-state index in [-0.39, 0.29) is 28.9 Å². The number of benzene rings is 1. The van der Waals surface area contributed by atoms with E-state index in [4.69, 9.17) is 0 Å². The Hall–Kier alpha value is -4.92. The van der Waals surface area contributed by atoms with E-state index >= 15 is 0 Å². The van der Waals surface area contributed by atoms with Crippen LogP contribution in [0.1, 0.15) is 22.3 Å². The minimum Gasteiger partial charge on any atom is -0.494 e. The molecule has 3 rings (SSSR count). The molecule has 0 fully saturated rings. The maximum atomic E-state index is 12.7. The van der Waals surface area contributed by atoms with E-state index in [1.54, 1.807) is 18.2 Å². The van der Waals surface area contributed by atoms with Gasteiger partial charge in [0.15, 0.2) is 0 Å². The van der Waals surface area contributed by atoms with E-state index in [0.717, 1.165) is 29.0 Å². The summed E-state index contributed by atoms with van der Waals surface area (Å²) in [7, 11) is 0. The van der Waals surface area contributed by atoms with Crippen LogP contribution >= 0.6 is 0 Å². The van der Waals surface area contributed by atoms with Crippen molar-refractivity contribution in [1.29, 1.82) is 5.26 Å². The first-order valence-corrected chi connectivity index (χ1v) is 8.96. The van der Waals surface area contributed by atoms with Crippen LogP contribution in [0.5, 0.6) is 5.88 Å². The second-order valence-corrected chi connectivity index (χ2v) is 6.55. The Labute approximate surface area is 179 Å². The van der Waals surface area contributed by atoms with Crippen LogP contribution < -0.4 is 5.56 Å². The van der Waals surface area contributed by atoms with Crippen molar-refractivity contribution in [3.05, 3.63) is 95.6 Å². The predicted octanol–water partition coefficient (Wildman–Crippen LogP) is 2.74. The maximum Gasteiger partial charge on any atom is 0.301 e. The summed E-state index contributed by atoms with van der Waals surface area (Å²) >= 11 is 0. The Bertz CT molecular complexity index is 1360. The van der Waals surface area contributed by atoms with Gasteiger partial charge in [0, 0.05) is 24.7 Å². The number of nitro groups is 2. The number of pyridine rings is 2. The zero-order valence-corrected chi connectivity index (χ0v) is 16.5. The Morgan fingerprint density at radius 2 is 2.03 bits per heavy atom. The summed E-state index contributed by atoms with van der Waals surface area (Å²) in [4.78, 5) is 41.2. The third-order valence-electron chi connectivity index (χ3n) is 4.61. The van der Waals surface area contributed by atoms with Crippen LogP contribution in [0.2, 0.25) is 0 Å². The number of aromatic nitrogens is 2. The lowest BCUT2D eigenvalue weighted by molar-refractivity contribution is -0.393. The molecule has 12 heteroatoms. The molecular formula is C20H14N6O6. The SMILES string of the molecule is Cc1c(C=Nc2ccc([N+](=O)[O-])cc2[N+](=O)[O-])c(O)n(Cc2cccnc2)c(=O)c1C#N. The number of non-ortho nitro benzene ring substituents is 1. The van der Waals surface area contributed by atoms with Crippen molar-refractivity contribution in [2.45, 2.75) is 13.5 Å². The minimum absolute atomic E-state index is 0.00214. The lowest BCUT2D eigenvalue weighted by Crippen LogP contribution is -2.26. The van der Waals surface area contributed by atoms with Gasteiger partial charge in [-0.05, 0) is 30.2 Å². The number of nitrogens with zero attached hydrogens (tertiary/aromatic N) is 6. The van der Waals surface area contributed by atoms with Gasteiger partial charge < -0.3 is 5.11 Å². The lowest BCUT2D eigenvalue weighted by atomic mass is 10.1. The van der Waals surface area contributed by atoms with Crippen LogP contribution in [0.4, 0.5) is 17.1 Å². The van der Waals surface area contributed by atoms with Gasteiger partial charge in [0.1, 0.15) is 17.3 Å². The van der Waals surface area contributed by atoms with Crippen molar-refractivity contribution in [2.24, 2.45) is 4.99 Å². The van der Waals surface area contributed by atoms with Gasteiger partial charge in [-0.1, -0.05) is 6.07 Å². The van der Waals surface area contributed by atoms with Crippen LogP contribution in [-0.4, -0.2) is 30.7 Å². The monoisotopic (exact) mass is 434 g/mol. The van der Waals surface area contributed by atoms with Gasteiger partial charge in [-0.25, -0.2) is 4.99 Å². The summed E-state index contributed by atoms with van der Waals surface area (Å²) in [5.74, 6) is -0.497. The largest absolute Gasteiger partial charge is 0.494 e. The number of aliphatic imine (C=N–C) groups is 1. The van der Waals surface area contributed by atoms with Crippen molar-refractivity contribution in [3.63, 3.8) is 0 Å². The predicted molar refractivity (Wildman–Crippen MR) is 112 cm³/mol. The molecule has 0 aliphatic carbocycles. The average molecular weight is 434 g/mol. The van der Waals surface area contributed by atoms with E-state index in [0.29, 0.717) is 5.56 Å². The molecule has 160 valence electrons. The molecule has 0 saturated carbocycles. The highest BCUT2D eigenvalue weighted by Gasteiger charge is 2.21. The minimum atomic E-state index is -0.823. The highest BCUT2D eigenvalue weighted by molar-refractivity contribution is 5.88. The van der Waals surface area contributed by atoms with E-state index in [1.807, 2.05) is 0 Å². The molecule has 0 saturated heterocycles. The van der Waals surface area contributed by atoms with Crippen molar-refractivity contribution < 1.29 is 15.0 Å². The van der Waals surface area contributed by atoms with Crippen LogP contribution in [-0.2, 0) is 6.54 Å². The van der Waals surface area contributed by atoms with E-state index in [1.165, 1.54) is 19.3 Å². The number of nitro benzene ring substituents is 2. The van der Waals surface area contributed by atoms with Gasteiger partial charge in [0.2, 0.25) is 5.88 Å². The standard InChI is InChI=1S/C20H14N6O6/c1-12-15(8-21)19(27)24(11-13-3-2-6-22-9-13)20(28)16(12)10-23-17-5-4-14(25(29)30)7-18(17)26(31)32/h2-7,9-10,28H,11H2,1H3. The number of aromatic hydroxyl groups is 1. The zero-order valence-electron chi connectivity index (χ0n) is 16.5. The summed E-state index contributed by atoms with van der Waals surface area (Å²) in [6.07, 6.45) is 4.10. The molecule has 32 heavy (non-hydrogen) atoms. The van der Waals surface area contributed by atoms with Crippen LogP contribution in [0, 0.1) is 38.5 Å². The lowest BCUT2D eigenvalue weighted by Gasteiger charge is -2.14. The van der Waals surface area contributed by atoms with Crippen molar-refractivity contribution in [2.75, 3.05) is 0 Å². The topological polar surface area (TPSA) is 178 Å². The summed E-state index contributed by atoms with van der Waals surface area (Å²) in [6.45, 7) is 1.35. The first-order valence-electron chi connectivity index (χ1n) is 8.96. The molecule has 3 aromatic rings. The number of hydrogen-bond donors (Lipinski definition) is 1. The normalized spacial score (nSPS) is 10.8. The fraction of sp³-hybridized carbons (Fsp3) is 0.100. The van der Waals surface area contributed by atoms with Crippen LogP contribution in [0.25, 0.3) is 0 Å². The third-order valence-corrected chi connectivity index (χ3v) is 4.61. The smallest absolute Gasteiger partial charge is 0.301 e. The summed E-state index contributed by atoms with van der Waals surface area (Å²) in [6, 6.07) is 8.04. The zero-order chi connectivity index (χ0) is 23.4. The van der Waals surface area contributed by atoms with Crippen LogP contribution in [0.15, 0.2) is 52.5 Å². The molecule has 0 radical (unpaired) electrons. The van der Waals surface area contributed by atoms with Gasteiger partial charge in [-0.2, -0.15) is 5.26 Å². The molecule has 0 aliphatic rings. The molecule has 0 bridgehead atoms. The fourth-order valence-electron chi connectivity index (χ4n) is 2.96. The van der Waals surface area contributed by atoms with Crippen LogP contribution in [0.3, 0.4) is 0 Å². The Morgan fingerprint density at radius 1 is 1.28 bits per heavy atom. The highest BCUT2D eigenvalue weighted by atomic mass is 16.6. The summed E-state index contributed by atoms with van der Waals surface area (Å²) < 4.78 is 0.966. The molecular weight excluding hydrogens is 420 g/mol. The molecule has 0 atom stereocenters. The summed E-state index contributed by atoms with van der Waals surface area (Å²) in [5.41, 5.74) is -1.53. The molecule has 1 N–H and O–H groups in total. The molecule has 0 unspecified atom stereocenters. The Morgan fingerprint density at radius 3 is 2.62 bits per heavy atom. The molecule has 1 aromatic carbocycles. The van der Waals surface area contributed by atoms with E-state index in [2.05, 4.69) is 9.98 Å². The number of rotatable bonds is 6. The first-order chi connectivity index (χ1) is 15.2. The van der Waals surface area contributed by atoms with Gasteiger partial charge in [-0.3, -0.25) is 34.6 Å². The van der Waals surface area contributed by atoms with Crippen molar-refractivity contribution in [3.8, 4) is 11.9 Å². The second kappa shape index (κ2) is 8.84. The highest BCUT2D eigenvalue weighted by Crippen LogP contribution is 2.32. The van der Waals surface area contributed by atoms with Crippen molar-refractivity contribution >= 4 is 23.3 Å². The molecule has 2 heterocycles. The Kier molecular flexibility index (Phi) is 6.02. The molecule has 12 nitrogen and oxygen atoms in total. The van der Waals surface area contributed by atoms with Gasteiger partial charge in [0.25, 0.3) is 11.2 Å². The number of hydrogen-bond acceptors (Lipinski definition) is 9. The quantitative estimate of drug-likeness (QED) is 0.349. The summed E-state index contributed by atoms with van der Waals surface area (Å²) in [5, 5.41) is 42.4. The second-order valence-electron chi connectivity index (χ2n) is 6.55. The number of nitriles is 1. The van der Waals surface area contributed by atoms with Gasteiger partial charge >= 0.3 is 5.69 Å². The maximum absolute atomic E-state index is 12.7. The van der Waals surface area contributed by atoms with Gasteiger partial charge in [0.05, 0.1) is 28.0 Å². The van der Waals surface area contributed by atoms with Gasteiger partial charge in [-0.15, -0.1) is 0 Å². The van der Waals surface area contributed by atoms with Crippen molar-refractivity contribution in [1.82, 2.24) is 9.55 Å². The third kappa shape index (κ3) is 4.17. The molecule has 0 amide bonds. The molecule has 0 spiro atoms. The fourth-order valence-corrected chi connectivity index (χ4v) is 2.96. The average Bonchev–Trinajstić information content (AvgIpc) is 2.77. The molecule has 2 aromatic heterocycles. The Balaban J connectivity index is 2.15. The first kappa shape index (κ1) is 21.8. The van der Waals surface area contributed by atoms with E-state index in [9.17, 15) is 35.4 Å².